The zero-order valence-electron chi connectivity index (χ0n) is 12.2. The number of anilines is 1. The molecular weight excluding hydrogens is 248 g/mol. The number of nitrogens with zero attached hydrogens (tertiary/aromatic N) is 3. The molecule has 0 saturated carbocycles. The molecule has 1 fully saturated rings. The minimum Gasteiger partial charge on any atom is -0.351 e. The van der Waals surface area contributed by atoms with E-state index < -0.39 is 0 Å². The van der Waals surface area contributed by atoms with Crippen molar-refractivity contribution >= 4 is 5.82 Å². The third kappa shape index (κ3) is 2.38. The molecule has 0 aromatic carbocycles. The maximum atomic E-state index is 9.47. The van der Waals surface area contributed by atoms with Gasteiger partial charge in [0.1, 0.15) is 11.9 Å². The summed E-state index contributed by atoms with van der Waals surface area (Å²) in [7, 11) is 0. The van der Waals surface area contributed by atoms with Gasteiger partial charge in [0.05, 0.1) is 5.56 Å². The summed E-state index contributed by atoms with van der Waals surface area (Å²) in [4.78, 5) is 7.19. The zero-order chi connectivity index (χ0) is 13.9. The second-order valence-corrected chi connectivity index (χ2v) is 5.72. The van der Waals surface area contributed by atoms with Crippen LogP contribution in [0, 0.1) is 11.3 Å². The van der Waals surface area contributed by atoms with Gasteiger partial charge >= 0.3 is 0 Å². The first-order chi connectivity index (χ1) is 9.83. The molecule has 1 aliphatic heterocycles. The largest absolute Gasteiger partial charge is 0.351 e. The van der Waals surface area contributed by atoms with Crippen LogP contribution in [0.25, 0.3) is 0 Å². The van der Waals surface area contributed by atoms with E-state index in [2.05, 4.69) is 29.3 Å². The number of rotatable bonds is 3. The van der Waals surface area contributed by atoms with Crippen LogP contribution in [0.5, 0.6) is 0 Å². The number of fused-ring (bicyclic) bond motifs is 1. The molecule has 106 valence electrons. The van der Waals surface area contributed by atoms with Gasteiger partial charge in [-0.2, -0.15) is 5.26 Å². The Morgan fingerprint density at radius 3 is 3.00 bits per heavy atom. The summed E-state index contributed by atoms with van der Waals surface area (Å²) in [5.41, 5.74) is 3.26. The highest BCUT2D eigenvalue weighted by molar-refractivity contribution is 5.57. The van der Waals surface area contributed by atoms with Crippen molar-refractivity contribution in [3.05, 3.63) is 22.9 Å². The van der Waals surface area contributed by atoms with E-state index in [-0.39, 0.29) is 0 Å². The third-order valence-corrected chi connectivity index (χ3v) is 4.49. The number of likely N-dealkylation sites (N-methyl/N-ethyl adjacent to an activating group) is 1. The molecule has 1 aliphatic carbocycles. The van der Waals surface area contributed by atoms with E-state index in [9.17, 15) is 5.26 Å². The first kappa shape index (κ1) is 13.4. The summed E-state index contributed by atoms with van der Waals surface area (Å²) < 4.78 is 0. The Labute approximate surface area is 120 Å². The zero-order valence-corrected chi connectivity index (χ0v) is 12.2. The van der Waals surface area contributed by atoms with E-state index in [1.165, 1.54) is 24.1 Å². The third-order valence-electron chi connectivity index (χ3n) is 4.49. The molecule has 2 heterocycles. The SMILES string of the molecule is CCN(c1nc2c(cc1C#N)CCCC2)C1CCNC1. The Kier molecular flexibility index (Phi) is 3.88. The molecular formula is C16H22N4. The number of hydrogen-bond donors (Lipinski definition) is 1. The van der Waals surface area contributed by atoms with Gasteiger partial charge in [-0.3, -0.25) is 0 Å². The summed E-state index contributed by atoms with van der Waals surface area (Å²) >= 11 is 0. The number of nitrogens with one attached hydrogen (secondary N) is 1. The first-order valence-corrected chi connectivity index (χ1v) is 7.73. The van der Waals surface area contributed by atoms with Gasteiger partial charge in [-0.05, 0) is 57.2 Å². The molecule has 20 heavy (non-hydrogen) atoms. The van der Waals surface area contributed by atoms with E-state index >= 15 is 0 Å². The van der Waals surface area contributed by atoms with Crippen LogP contribution in [-0.4, -0.2) is 30.7 Å². The second-order valence-electron chi connectivity index (χ2n) is 5.72. The lowest BCUT2D eigenvalue weighted by Gasteiger charge is -2.30. The number of hydrogen-bond acceptors (Lipinski definition) is 4. The standard InChI is InChI=1S/C16H22N4/c1-2-20(14-7-8-18-11-14)16-13(10-17)9-12-5-3-4-6-15(12)19-16/h9,14,18H,2-8,11H2,1H3. The average Bonchev–Trinajstić information content (AvgIpc) is 3.01. The van der Waals surface area contributed by atoms with Crippen LogP contribution >= 0.6 is 0 Å². The highest BCUT2D eigenvalue weighted by Crippen LogP contribution is 2.28. The monoisotopic (exact) mass is 270 g/mol. The van der Waals surface area contributed by atoms with Crippen molar-refractivity contribution in [3.8, 4) is 6.07 Å². The van der Waals surface area contributed by atoms with E-state index in [1.54, 1.807) is 0 Å². The molecule has 0 spiro atoms. The molecule has 2 aliphatic rings. The van der Waals surface area contributed by atoms with E-state index in [4.69, 9.17) is 4.98 Å². The lowest BCUT2D eigenvalue weighted by Crippen LogP contribution is -2.38. The van der Waals surface area contributed by atoms with Gasteiger partial charge in [0.2, 0.25) is 0 Å². The van der Waals surface area contributed by atoms with Gasteiger partial charge in [0, 0.05) is 24.8 Å². The van der Waals surface area contributed by atoms with Gasteiger partial charge in [0.15, 0.2) is 0 Å². The number of pyridine rings is 1. The highest BCUT2D eigenvalue weighted by atomic mass is 15.2. The predicted octanol–water partition coefficient (Wildman–Crippen LogP) is 2.02. The topological polar surface area (TPSA) is 52.0 Å². The van der Waals surface area contributed by atoms with Crippen LogP contribution in [0.3, 0.4) is 0 Å². The Morgan fingerprint density at radius 2 is 2.30 bits per heavy atom. The van der Waals surface area contributed by atoms with E-state index in [0.29, 0.717) is 6.04 Å². The van der Waals surface area contributed by atoms with E-state index in [0.717, 1.165) is 50.3 Å². The summed E-state index contributed by atoms with van der Waals surface area (Å²) in [5, 5.41) is 12.9. The molecule has 1 unspecified atom stereocenters. The molecule has 3 rings (SSSR count). The number of nitriles is 1. The second kappa shape index (κ2) is 5.80. The predicted molar refractivity (Wildman–Crippen MR) is 79.9 cm³/mol. The quantitative estimate of drug-likeness (QED) is 0.913. The van der Waals surface area contributed by atoms with Crippen molar-refractivity contribution in [3.63, 3.8) is 0 Å². The van der Waals surface area contributed by atoms with Gasteiger partial charge in [-0.1, -0.05) is 0 Å². The fourth-order valence-corrected chi connectivity index (χ4v) is 3.41. The van der Waals surface area contributed by atoms with Crippen LogP contribution in [0.15, 0.2) is 6.07 Å². The average molecular weight is 270 g/mol. The Hall–Kier alpha value is -1.60. The minimum absolute atomic E-state index is 0.473. The van der Waals surface area contributed by atoms with Crippen molar-refractivity contribution in [2.24, 2.45) is 0 Å². The van der Waals surface area contributed by atoms with Crippen molar-refractivity contribution < 1.29 is 0 Å². The normalized spacial score (nSPS) is 21.3. The molecule has 1 aromatic rings. The fraction of sp³-hybridized carbons (Fsp3) is 0.625. The molecule has 1 saturated heterocycles. The fourth-order valence-electron chi connectivity index (χ4n) is 3.41. The molecule has 1 atom stereocenters. The van der Waals surface area contributed by atoms with Crippen molar-refractivity contribution in [1.29, 1.82) is 5.26 Å². The van der Waals surface area contributed by atoms with Crippen molar-refractivity contribution in [1.82, 2.24) is 10.3 Å². The molecule has 0 amide bonds. The lowest BCUT2D eigenvalue weighted by molar-refractivity contribution is 0.627. The van der Waals surface area contributed by atoms with Crippen LogP contribution in [-0.2, 0) is 12.8 Å². The molecule has 0 bridgehead atoms. The van der Waals surface area contributed by atoms with Crippen LogP contribution in [0.1, 0.15) is 43.0 Å². The summed E-state index contributed by atoms with van der Waals surface area (Å²) in [6, 6.07) is 4.92. The van der Waals surface area contributed by atoms with Crippen molar-refractivity contribution in [2.75, 3.05) is 24.5 Å². The lowest BCUT2D eigenvalue weighted by atomic mass is 9.94. The van der Waals surface area contributed by atoms with Gasteiger partial charge < -0.3 is 10.2 Å². The summed E-state index contributed by atoms with van der Waals surface area (Å²) in [5.74, 6) is 0.907. The molecule has 1 aromatic heterocycles. The van der Waals surface area contributed by atoms with Gasteiger partial charge in [0.25, 0.3) is 0 Å². The summed E-state index contributed by atoms with van der Waals surface area (Å²) in [6.07, 6.45) is 5.73. The highest BCUT2D eigenvalue weighted by Gasteiger charge is 2.25. The number of aromatic nitrogens is 1. The van der Waals surface area contributed by atoms with Crippen LogP contribution in [0.4, 0.5) is 5.82 Å². The van der Waals surface area contributed by atoms with Gasteiger partial charge in [-0.25, -0.2) is 4.98 Å². The Balaban J connectivity index is 2.00. The van der Waals surface area contributed by atoms with Crippen LogP contribution < -0.4 is 10.2 Å². The number of aryl methyl sites for hydroxylation is 2. The molecule has 0 radical (unpaired) electrons. The Bertz CT molecular complexity index is 526. The molecule has 4 nitrogen and oxygen atoms in total. The van der Waals surface area contributed by atoms with Crippen LogP contribution in [0.2, 0.25) is 0 Å². The molecule has 1 N–H and O–H groups in total. The minimum atomic E-state index is 0.473. The first-order valence-electron chi connectivity index (χ1n) is 7.73. The smallest absolute Gasteiger partial charge is 0.147 e. The Morgan fingerprint density at radius 1 is 1.45 bits per heavy atom. The maximum Gasteiger partial charge on any atom is 0.147 e. The van der Waals surface area contributed by atoms with Crippen molar-refractivity contribution in [2.45, 2.75) is 45.1 Å². The molecule has 4 heteroatoms. The van der Waals surface area contributed by atoms with E-state index in [1.807, 2.05) is 0 Å². The maximum absolute atomic E-state index is 9.47. The summed E-state index contributed by atoms with van der Waals surface area (Å²) in [6.45, 7) is 5.12. The van der Waals surface area contributed by atoms with Gasteiger partial charge in [-0.15, -0.1) is 0 Å².